The molecule has 11 saturated carbocycles. The fourth-order valence-corrected chi connectivity index (χ4v) is 30.6. The zero-order chi connectivity index (χ0) is 63.5. The highest BCUT2D eigenvalue weighted by atomic mass is 16.7. The van der Waals surface area contributed by atoms with Gasteiger partial charge in [0, 0.05) is 52.5 Å². The minimum absolute atomic E-state index is 0.0702. The minimum atomic E-state index is -1.83. The molecule has 0 unspecified atom stereocenters. The number of fused-ring (bicyclic) bond motifs is 7. The van der Waals surface area contributed by atoms with Crippen molar-refractivity contribution in [3.8, 4) is 17.2 Å². The molecule has 5 aliphatic heterocycles. The molecule has 4 bridgehead atoms. The van der Waals surface area contributed by atoms with E-state index in [1.807, 2.05) is 0 Å². The van der Waals surface area contributed by atoms with Crippen LogP contribution in [0.4, 0.5) is 0 Å². The zero-order valence-electron chi connectivity index (χ0n) is 55.5. The first-order valence-electron chi connectivity index (χ1n) is 37.6. The van der Waals surface area contributed by atoms with Crippen LogP contribution in [0.1, 0.15) is 258 Å². The van der Waals surface area contributed by atoms with Crippen molar-refractivity contribution in [2.45, 2.75) is 293 Å². The van der Waals surface area contributed by atoms with Gasteiger partial charge in [-0.2, -0.15) is 0 Å². The Morgan fingerprint density at radius 2 is 1.39 bits per heavy atom. The van der Waals surface area contributed by atoms with Gasteiger partial charge in [0.1, 0.15) is 41.2 Å². The Morgan fingerprint density at radius 3 is 2.13 bits per heavy atom. The molecule has 2 aromatic rings. The molecule has 2 aromatic carbocycles. The number of phenolic OH excluding ortho intramolecular Hbond substituents is 2. The minimum Gasteiger partial charge on any atom is -0.507 e. The van der Waals surface area contributed by atoms with Crippen LogP contribution < -0.4 is 15.6 Å². The number of aliphatic hydroxyl groups is 4. The highest BCUT2D eigenvalue weighted by Crippen LogP contribution is 2.89. The maximum atomic E-state index is 13.8. The second kappa shape index (κ2) is 19.8. The molecule has 0 radical (unpaired) electrons. The summed E-state index contributed by atoms with van der Waals surface area (Å²) in [5.41, 5.74) is 11.7. The highest BCUT2D eigenvalue weighted by molar-refractivity contribution is 6.11. The Labute approximate surface area is 548 Å². The molecule has 93 heavy (non-hydrogen) atoms. The van der Waals surface area contributed by atoms with Gasteiger partial charge in [0.25, 0.3) is 0 Å². The van der Waals surface area contributed by atoms with Crippen molar-refractivity contribution >= 4 is 22.5 Å². The van der Waals surface area contributed by atoms with E-state index in [1.165, 1.54) is 197 Å². The quantitative estimate of drug-likeness (QED) is 0.0926. The lowest BCUT2D eigenvalue weighted by atomic mass is 9.38. The molecule has 12 aliphatic carbocycles. The van der Waals surface area contributed by atoms with Crippen LogP contribution >= 0.6 is 0 Å². The van der Waals surface area contributed by atoms with Crippen LogP contribution in [0, 0.1) is 78.8 Å². The van der Waals surface area contributed by atoms with Crippen LogP contribution in [-0.2, 0) is 14.2 Å². The summed E-state index contributed by atoms with van der Waals surface area (Å²) in [4.78, 5) is 26.0. The van der Waals surface area contributed by atoms with E-state index in [0.29, 0.717) is 77.8 Å². The maximum absolute atomic E-state index is 13.8. The number of benzene rings is 2. The van der Waals surface area contributed by atoms with Crippen molar-refractivity contribution in [2.24, 2.45) is 71.9 Å². The van der Waals surface area contributed by atoms with Crippen LogP contribution in [0.15, 0.2) is 34.9 Å². The summed E-state index contributed by atoms with van der Waals surface area (Å²) in [6, 6.07) is 2.66. The van der Waals surface area contributed by atoms with E-state index >= 15 is 0 Å². The first-order chi connectivity index (χ1) is 44.7. The molecule has 15 heteroatoms. The fourth-order valence-electron chi connectivity index (χ4n) is 30.6. The van der Waals surface area contributed by atoms with Gasteiger partial charge >= 0.3 is 5.97 Å². The van der Waals surface area contributed by atoms with E-state index < -0.39 is 82.0 Å². The van der Waals surface area contributed by atoms with E-state index in [2.05, 4.69) is 16.9 Å². The van der Waals surface area contributed by atoms with Crippen molar-refractivity contribution in [3.63, 3.8) is 0 Å². The standard InChI is InChI=1S/C78H104N2O13/c1-44-55(45(2)82)59(84)57-49(58(44)83)29-46(65(88)89)30-52(57)91-66-60(85)62(86)78-32-51-56-48(53(93-78)33-68(17-5-6-18-68)63(87)64(78)92-66)13-14-50(56)76(25-12-28-81)43-90-35-47-31-69-37-74(34-54(69)79-80-77(51,38-69)61(47)76)42-75(41-73(74)27-26-67(36-73)15-3-4-16-67)40-72(39-71(75)21-9-10-22-71)24-11-23-70(72)19-7-8-20-70/h14,29-30,47,51,53-54,60-64,66,79-81,83-87H,3-13,15-28,31-43H2,1-2H3,(H,88,89)/t47-,51-,53-,54+,60-,61+,62-,63+,64-,66-,69-,72-,73-,74+,75-,76-,77-,78+/m1/s1. The molecule has 11 spiro atoms. The fraction of sp³-hybridized carbons (Fsp3) is 0.795. The van der Waals surface area contributed by atoms with Gasteiger partial charge in [0.15, 0.2) is 5.78 Å². The van der Waals surface area contributed by atoms with Crippen LogP contribution in [-0.4, -0.2) is 121 Å². The molecule has 9 N–H and O–H groups in total. The number of hydrazine groups is 1. The number of allylic oxidation sites excluding steroid dienone is 1. The van der Waals surface area contributed by atoms with E-state index in [9.17, 15) is 45.3 Å². The smallest absolute Gasteiger partial charge is 0.335 e. The first-order valence-corrected chi connectivity index (χ1v) is 37.6. The van der Waals surface area contributed by atoms with Gasteiger partial charge in [-0.15, -0.1) is 0 Å². The van der Waals surface area contributed by atoms with Crippen LogP contribution in [0.25, 0.3) is 10.8 Å². The molecule has 504 valence electrons. The third kappa shape index (κ3) is 7.50. The topological polar surface area (TPSA) is 237 Å². The second-order valence-corrected chi connectivity index (χ2v) is 36.5. The summed E-state index contributed by atoms with van der Waals surface area (Å²) in [7, 11) is 0. The lowest BCUT2D eigenvalue weighted by molar-refractivity contribution is -0.340. The lowest BCUT2D eigenvalue weighted by Gasteiger charge is -2.72. The van der Waals surface area contributed by atoms with Crippen molar-refractivity contribution in [1.29, 1.82) is 0 Å². The van der Waals surface area contributed by atoms with Crippen molar-refractivity contribution in [1.82, 2.24) is 10.9 Å². The van der Waals surface area contributed by atoms with Crippen molar-refractivity contribution in [3.05, 3.63) is 51.6 Å². The number of ether oxygens (including phenoxy) is 4. The van der Waals surface area contributed by atoms with Gasteiger partial charge < -0.3 is 54.7 Å². The summed E-state index contributed by atoms with van der Waals surface area (Å²) in [6.45, 7) is 4.07. The van der Waals surface area contributed by atoms with Crippen LogP contribution in [0.5, 0.6) is 17.2 Å². The third-order valence-corrected chi connectivity index (χ3v) is 33.3. The molecule has 18 atom stereocenters. The second-order valence-electron chi connectivity index (χ2n) is 36.5. The average Bonchev–Trinajstić information content (AvgIpc) is 1.55. The molecule has 4 saturated heterocycles. The number of carboxylic acid groups (broad SMARTS) is 1. The zero-order valence-corrected chi connectivity index (χ0v) is 55.5. The van der Waals surface area contributed by atoms with E-state index in [-0.39, 0.29) is 80.9 Å². The van der Waals surface area contributed by atoms with E-state index in [1.54, 1.807) is 0 Å². The largest absolute Gasteiger partial charge is 0.507 e. The number of hydrogen-bond acceptors (Lipinski definition) is 14. The molecule has 15 fully saturated rings. The maximum Gasteiger partial charge on any atom is 0.335 e. The number of carbonyl (C=O) groups is 2. The van der Waals surface area contributed by atoms with Gasteiger partial charge in [0.05, 0.1) is 35.3 Å². The van der Waals surface area contributed by atoms with Gasteiger partial charge in [-0.1, -0.05) is 63.9 Å². The summed E-state index contributed by atoms with van der Waals surface area (Å²) in [5, 5.41) is 85.4. The highest BCUT2D eigenvalue weighted by Gasteiger charge is 2.83. The summed E-state index contributed by atoms with van der Waals surface area (Å²) < 4.78 is 29.0. The molecule has 0 amide bonds. The summed E-state index contributed by atoms with van der Waals surface area (Å²) in [6.07, 6.45) is 36.2. The number of hydrogen-bond donors (Lipinski definition) is 9. The predicted octanol–water partition coefficient (Wildman–Crippen LogP) is 12.8. The predicted molar refractivity (Wildman–Crippen MR) is 346 cm³/mol. The van der Waals surface area contributed by atoms with Gasteiger partial charge in [-0.25, -0.2) is 4.79 Å². The molecule has 19 rings (SSSR count). The number of ketones is 1. The number of carboxylic acids is 1. The molecular weight excluding hydrogens is 1170 g/mol. The van der Waals surface area contributed by atoms with Crippen molar-refractivity contribution < 1.29 is 64.3 Å². The Hall–Kier alpha value is -3.64. The van der Waals surface area contributed by atoms with Crippen LogP contribution in [0.3, 0.4) is 0 Å². The number of aromatic carboxylic acids is 1. The SMILES string of the molecule is CC(=O)c1c(C)c(O)c2cc(C(=O)O)cc(O[C@@H]3O[C@@H]4[C@H](O)C5(CCCC5)C[C@H]5O[C@@]4(C[C@@H]4C6=C5CC=C6[C@@]5(CCCO)COC[C@H]6C[C@@]78C[C@]4(NN[C@H]7C[C@]4(C8)C[C@@]7(C[C@@]8(CCCC89CCCC9)CC78CCCC8)C[C@]47CCC4(CCCC4)C7)[C@@H]65)[C@H](O)[C@H]3O)c2c1O. The first kappa shape index (κ1) is 60.5. The van der Waals surface area contributed by atoms with Gasteiger partial charge in [-0.05, 0) is 265 Å². The number of rotatable bonds is 7. The summed E-state index contributed by atoms with van der Waals surface area (Å²) >= 11 is 0. The Balaban J connectivity index is 0.752. The Bertz CT molecular complexity index is 3590. The Kier molecular flexibility index (Phi) is 12.9. The number of Topliss-reactive ketones (excluding diaryl/α,β-unsaturated/α-hetero) is 1. The molecular formula is C78H104N2O13. The number of carbonyl (C=O) groups excluding carboxylic acids is 1. The lowest BCUT2D eigenvalue weighted by Crippen LogP contribution is -2.81. The number of aromatic hydroxyl groups is 2. The average molecular weight is 1280 g/mol. The van der Waals surface area contributed by atoms with Gasteiger partial charge in [-0.3, -0.25) is 15.6 Å². The number of nitrogens with one attached hydrogen (secondary N) is 2. The number of aliphatic hydroxyl groups excluding tert-OH is 4. The normalized spacial score (nSPS) is 46.8. The Morgan fingerprint density at radius 1 is 0.699 bits per heavy atom. The van der Waals surface area contributed by atoms with E-state index in [0.717, 1.165) is 32.1 Å². The molecule has 5 heterocycles. The van der Waals surface area contributed by atoms with E-state index in [4.69, 9.17) is 18.9 Å². The molecule has 0 aromatic heterocycles. The van der Waals surface area contributed by atoms with Crippen molar-refractivity contribution in [2.75, 3.05) is 19.8 Å². The van der Waals surface area contributed by atoms with Gasteiger partial charge in [0.2, 0.25) is 6.29 Å². The molecule has 17 aliphatic rings. The molecule has 15 nitrogen and oxygen atoms in total. The summed E-state index contributed by atoms with van der Waals surface area (Å²) in [5.74, 6) is -3.05. The third-order valence-electron chi connectivity index (χ3n) is 33.3. The number of phenols is 2. The van der Waals surface area contributed by atoms with Crippen LogP contribution in [0.2, 0.25) is 0 Å². The monoisotopic (exact) mass is 1280 g/mol.